The molecule has 3 rings (SSSR count). The normalized spacial score (nSPS) is 10.8. The summed E-state index contributed by atoms with van der Waals surface area (Å²) in [6.07, 6.45) is 1.42. The molecule has 0 aliphatic heterocycles. The Kier molecular flexibility index (Phi) is 4.25. The lowest BCUT2D eigenvalue weighted by Crippen LogP contribution is -2.07. The highest BCUT2D eigenvalue weighted by molar-refractivity contribution is 5.63. The fourth-order valence-corrected chi connectivity index (χ4v) is 2.03. The molecular formula is C18H10F3N3. The van der Waals surface area contributed by atoms with Crippen LogP contribution >= 0.6 is 0 Å². The van der Waals surface area contributed by atoms with E-state index in [1.807, 2.05) is 18.2 Å². The van der Waals surface area contributed by atoms with E-state index in [1.165, 1.54) is 12.4 Å². The van der Waals surface area contributed by atoms with Crippen LogP contribution in [0.4, 0.5) is 13.2 Å². The van der Waals surface area contributed by atoms with Crippen LogP contribution in [0.5, 0.6) is 0 Å². The number of rotatable bonds is 1. The van der Waals surface area contributed by atoms with Gasteiger partial charge in [-0.25, -0.2) is 9.97 Å². The van der Waals surface area contributed by atoms with E-state index in [4.69, 9.17) is 0 Å². The highest BCUT2D eigenvalue weighted by Crippen LogP contribution is 2.27. The van der Waals surface area contributed by atoms with Gasteiger partial charge in [0.1, 0.15) is 12.0 Å². The molecule has 0 radical (unpaired) electrons. The fourth-order valence-electron chi connectivity index (χ4n) is 2.03. The average molecular weight is 325 g/mol. The number of hydrogen-bond donors (Lipinski definition) is 0. The van der Waals surface area contributed by atoms with Crippen molar-refractivity contribution < 1.29 is 13.2 Å². The SMILES string of the molecule is FC(F)(F)c1cc(C#Cc2cccc(-c3cncnc3)c2)ccn1. The van der Waals surface area contributed by atoms with Crippen LogP contribution in [0, 0.1) is 11.8 Å². The first kappa shape index (κ1) is 15.7. The number of hydrogen-bond acceptors (Lipinski definition) is 3. The molecule has 0 fully saturated rings. The van der Waals surface area contributed by atoms with Gasteiger partial charge in [0, 0.05) is 35.3 Å². The maximum atomic E-state index is 12.6. The van der Waals surface area contributed by atoms with Crippen LogP contribution in [0.25, 0.3) is 11.1 Å². The van der Waals surface area contributed by atoms with Crippen LogP contribution in [0.1, 0.15) is 16.8 Å². The maximum absolute atomic E-state index is 12.6. The topological polar surface area (TPSA) is 38.7 Å². The average Bonchev–Trinajstić information content (AvgIpc) is 2.61. The summed E-state index contributed by atoms with van der Waals surface area (Å²) in [5.41, 5.74) is 1.70. The van der Waals surface area contributed by atoms with Gasteiger partial charge >= 0.3 is 6.18 Å². The summed E-state index contributed by atoms with van der Waals surface area (Å²) in [6.45, 7) is 0. The zero-order valence-electron chi connectivity index (χ0n) is 12.2. The van der Waals surface area contributed by atoms with E-state index in [-0.39, 0.29) is 5.56 Å². The van der Waals surface area contributed by atoms with Gasteiger partial charge in [0.25, 0.3) is 0 Å². The molecule has 0 atom stereocenters. The van der Waals surface area contributed by atoms with E-state index in [2.05, 4.69) is 26.8 Å². The number of aromatic nitrogens is 3. The Balaban J connectivity index is 1.90. The van der Waals surface area contributed by atoms with E-state index in [9.17, 15) is 13.2 Å². The first-order valence-electron chi connectivity index (χ1n) is 6.93. The lowest BCUT2D eigenvalue weighted by atomic mass is 10.1. The minimum Gasteiger partial charge on any atom is -0.252 e. The molecule has 3 aromatic rings. The zero-order chi connectivity index (χ0) is 17.0. The van der Waals surface area contributed by atoms with E-state index in [1.54, 1.807) is 18.5 Å². The van der Waals surface area contributed by atoms with Gasteiger partial charge in [0.2, 0.25) is 0 Å². The molecule has 0 amide bonds. The maximum Gasteiger partial charge on any atom is 0.433 e. The summed E-state index contributed by atoms with van der Waals surface area (Å²) in [6, 6.07) is 9.70. The third kappa shape index (κ3) is 3.76. The molecular weight excluding hydrogens is 315 g/mol. The summed E-state index contributed by atoms with van der Waals surface area (Å²) >= 11 is 0. The van der Waals surface area contributed by atoms with Crippen LogP contribution in [0.2, 0.25) is 0 Å². The largest absolute Gasteiger partial charge is 0.433 e. The zero-order valence-corrected chi connectivity index (χ0v) is 12.2. The van der Waals surface area contributed by atoms with Gasteiger partial charge in [0.05, 0.1) is 0 Å². The second kappa shape index (κ2) is 6.50. The smallest absolute Gasteiger partial charge is 0.252 e. The van der Waals surface area contributed by atoms with Gasteiger partial charge in [-0.2, -0.15) is 13.2 Å². The van der Waals surface area contributed by atoms with Crippen molar-refractivity contribution in [2.75, 3.05) is 0 Å². The molecule has 0 saturated carbocycles. The highest BCUT2D eigenvalue weighted by atomic mass is 19.4. The van der Waals surface area contributed by atoms with Gasteiger partial charge in [-0.05, 0) is 29.8 Å². The Morgan fingerprint density at radius 1 is 0.833 bits per heavy atom. The van der Waals surface area contributed by atoms with E-state index >= 15 is 0 Å². The lowest BCUT2D eigenvalue weighted by molar-refractivity contribution is -0.141. The van der Waals surface area contributed by atoms with E-state index in [0.717, 1.165) is 23.4 Å². The van der Waals surface area contributed by atoms with Crippen LogP contribution < -0.4 is 0 Å². The molecule has 0 aliphatic carbocycles. The molecule has 24 heavy (non-hydrogen) atoms. The Morgan fingerprint density at radius 2 is 1.54 bits per heavy atom. The first-order chi connectivity index (χ1) is 11.5. The number of nitrogens with zero attached hydrogens (tertiary/aromatic N) is 3. The summed E-state index contributed by atoms with van der Waals surface area (Å²) in [4.78, 5) is 11.2. The summed E-state index contributed by atoms with van der Waals surface area (Å²) in [5.74, 6) is 5.59. The van der Waals surface area contributed by atoms with Crippen LogP contribution in [0.15, 0.2) is 61.3 Å². The number of benzene rings is 1. The van der Waals surface area contributed by atoms with Gasteiger partial charge in [-0.15, -0.1) is 0 Å². The van der Waals surface area contributed by atoms with Crippen LogP contribution in [-0.4, -0.2) is 15.0 Å². The summed E-state index contributed by atoms with van der Waals surface area (Å²) in [5, 5.41) is 0. The lowest BCUT2D eigenvalue weighted by Gasteiger charge is -2.04. The van der Waals surface area contributed by atoms with Crippen LogP contribution in [0.3, 0.4) is 0 Å². The summed E-state index contributed by atoms with van der Waals surface area (Å²) < 4.78 is 37.9. The number of pyridine rings is 1. The Labute approximate surface area is 136 Å². The van der Waals surface area contributed by atoms with Gasteiger partial charge < -0.3 is 0 Å². The number of alkyl halides is 3. The Hall–Kier alpha value is -3.20. The van der Waals surface area contributed by atoms with Crippen molar-refractivity contribution in [1.82, 2.24) is 15.0 Å². The molecule has 118 valence electrons. The molecule has 2 aromatic heterocycles. The van der Waals surface area contributed by atoms with Crippen molar-refractivity contribution in [3.63, 3.8) is 0 Å². The van der Waals surface area contributed by atoms with E-state index in [0.29, 0.717) is 5.56 Å². The first-order valence-corrected chi connectivity index (χ1v) is 6.93. The van der Waals surface area contributed by atoms with Crippen LogP contribution in [-0.2, 0) is 6.18 Å². The molecule has 0 saturated heterocycles. The molecule has 0 N–H and O–H groups in total. The van der Waals surface area contributed by atoms with E-state index < -0.39 is 11.9 Å². The molecule has 6 heteroatoms. The third-order valence-electron chi connectivity index (χ3n) is 3.16. The molecule has 0 spiro atoms. The third-order valence-corrected chi connectivity index (χ3v) is 3.16. The standard InChI is InChI=1S/C18H10F3N3/c19-18(20,21)17-9-14(6-7-24-17)5-4-13-2-1-3-15(8-13)16-10-22-12-23-11-16/h1-3,6-12H. The van der Waals surface area contributed by atoms with Crippen molar-refractivity contribution in [3.05, 3.63) is 78.1 Å². The van der Waals surface area contributed by atoms with Crippen molar-refractivity contribution >= 4 is 0 Å². The quantitative estimate of drug-likeness (QED) is 0.636. The monoisotopic (exact) mass is 325 g/mol. The van der Waals surface area contributed by atoms with Crippen molar-refractivity contribution in [2.24, 2.45) is 0 Å². The Morgan fingerprint density at radius 3 is 2.25 bits per heavy atom. The molecule has 1 aromatic carbocycles. The fraction of sp³-hybridized carbons (Fsp3) is 0.0556. The Bertz CT molecular complexity index is 910. The van der Waals surface area contributed by atoms with Gasteiger partial charge in [-0.3, -0.25) is 4.98 Å². The summed E-state index contributed by atoms with van der Waals surface area (Å²) in [7, 11) is 0. The predicted octanol–water partition coefficient (Wildman–Crippen LogP) is 3.96. The van der Waals surface area contributed by atoms with Crippen molar-refractivity contribution in [3.8, 4) is 23.0 Å². The second-order valence-electron chi connectivity index (χ2n) is 4.89. The van der Waals surface area contributed by atoms with Crippen molar-refractivity contribution in [1.29, 1.82) is 0 Å². The minimum atomic E-state index is -4.48. The molecule has 0 aliphatic rings. The second-order valence-corrected chi connectivity index (χ2v) is 4.89. The highest BCUT2D eigenvalue weighted by Gasteiger charge is 2.32. The number of halogens is 3. The van der Waals surface area contributed by atoms with Crippen molar-refractivity contribution in [2.45, 2.75) is 6.18 Å². The molecule has 0 bridgehead atoms. The molecule has 3 nitrogen and oxygen atoms in total. The molecule has 0 unspecified atom stereocenters. The van der Waals surface area contributed by atoms with Gasteiger partial charge in [-0.1, -0.05) is 24.0 Å². The van der Waals surface area contributed by atoms with Gasteiger partial charge in [0.15, 0.2) is 0 Å². The molecule has 2 heterocycles. The predicted molar refractivity (Wildman–Crippen MR) is 82.7 cm³/mol. The minimum absolute atomic E-state index is 0.255.